The van der Waals surface area contributed by atoms with E-state index in [4.69, 9.17) is 4.74 Å². The van der Waals surface area contributed by atoms with Gasteiger partial charge >= 0.3 is 0 Å². The first-order chi connectivity index (χ1) is 6.77. The van der Waals surface area contributed by atoms with E-state index in [9.17, 15) is 4.39 Å². The van der Waals surface area contributed by atoms with Crippen LogP contribution in [0.15, 0.2) is 30.9 Å². The molecule has 1 aromatic rings. The Labute approximate surface area is 84.2 Å². The van der Waals surface area contributed by atoms with Gasteiger partial charge in [-0.25, -0.2) is 4.39 Å². The lowest BCUT2D eigenvalue weighted by Crippen LogP contribution is -1.99. The van der Waals surface area contributed by atoms with Gasteiger partial charge in [-0.3, -0.25) is 0 Å². The van der Waals surface area contributed by atoms with Gasteiger partial charge < -0.3 is 4.74 Å². The van der Waals surface area contributed by atoms with E-state index in [2.05, 4.69) is 6.58 Å². The van der Waals surface area contributed by atoms with Crippen molar-refractivity contribution in [1.82, 2.24) is 0 Å². The fourth-order valence-corrected chi connectivity index (χ4v) is 1.21. The third-order valence-electron chi connectivity index (χ3n) is 1.99. The summed E-state index contributed by atoms with van der Waals surface area (Å²) in [7, 11) is 0. The molecule has 0 atom stereocenters. The monoisotopic (exact) mass is 194 g/mol. The number of hydrogen-bond acceptors (Lipinski definition) is 1. The zero-order chi connectivity index (χ0) is 10.4. The molecule has 0 bridgehead atoms. The number of aryl methyl sites for hydroxylation is 1. The van der Waals surface area contributed by atoms with Crippen LogP contribution in [0, 0.1) is 5.82 Å². The minimum absolute atomic E-state index is 0.254. The van der Waals surface area contributed by atoms with Gasteiger partial charge in [-0.2, -0.15) is 0 Å². The molecule has 1 aromatic carbocycles. The lowest BCUT2D eigenvalue weighted by Gasteiger charge is -2.09. The van der Waals surface area contributed by atoms with Crippen molar-refractivity contribution in [2.75, 3.05) is 6.61 Å². The van der Waals surface area contributed by atoms with Gasteiger partial charge in [0.1, 0.15) is 11.6 Å². The highest BCUT2D eigenvalue weighted by atomic mass is 19.1. The smallest absolute Gasteiger partial charge is 0.126 e. The molecule has 0 saturated carbocycles. The second kappa shape index (κ2) is 5.43. The van der Waals surface area contributed by atoms with Crippen LogP contribution in [0.25, 0.3) is 0 Å². The quantitative estimate of drug-likeness (QED) is 0.516. The maximum Gasteiger partial charge on any atom is 0.126 e. The van der Waals surface area contributed by atoms with Crippen molar-refractivity contribution in [3.05, 3.63) is 42.2 Å². The number of ether oxygens (including phenoxy) is 1. The van der Waals surface area contributed by atoms with E-state index < -0.39 is 0 Å². The Bertz CT molecular complexity index is 307. The maximum atomic E-state index is 12.9. The van der Waals surface area contributed by atoms with E-state index in [1.165, 1.54) is 12.1 Å². The predicted molar refractivity (Wildman–Crippen MR) is 56.1 cm³/mol. The van der Waals surface area contributed by atoms with Crippen molar-refractivity contribution >= 4 is 0 Å². The number of halogens is 1. The highest BCUT2D eigenvalue weighted by Gasteiger charge is 2.02. The Morgan fingerprint density at radius 2 is 2.29 bits per heavy atom. The maximum absolute atomic E-state index is 12.9. The van der Waals surface area contributed by atoms with Crippen molar-refractivity contribution < 1.29 is 9.13 Å². The molecule has 14 heavy (non-hydrogen) atoms. The van der Waals surface area contributed by atoms with Gasteiger partial charge in [0.05, 0.1) is 6.61 Å². The third kappa shape index (κ3) is 2.87. The van der Waals surface area contributed by atoms with Crippen LogP contribution < -0.4 is 4.74 Å². The molecule has 0 heterocycles. The largest absolute Gasteiger partial charge is 0.493 e. The zero-order valence-corrected chi connectivity index (χ0v) is 8.42. The van der Waals surface area contributed by atoms with Crippen LogP contribution in [-0.2, 0) is 6.42 Å². The first-order valence-electron chi connectivity index (χ1n) is 4.80. The van der Waals surface area contributed by atoms with Gasteiger partial charge in [-0.1, -0.05) is 19.1 Å². The minimum atomic E-state index is -0.254. The van der Waals surface area contributed by atoms with E-state index in [1.54, 1.807) is 12.1 Å². The summed E-state index contributed by atoms with van der Waals surface area (Å²) in [6, 6.07) is 4.65. The molecule has 0 N–H and O–H groups in total. The Morgan fingerprint density at radius 1 is 1.50 bits per heavy atom. The van der Waals surface area contributed by atoms with Gasteiger partial charge in [0.2, 0.25) is 0 Å². The molecule has 76 valence electrons. The first kappa shape index (κ1) is 10.8. The molecule has 0 unspecified atom stereocenters. The van der Waals surface area contributed by atoms with Crippen molar-refractivity contribution in [3.8, 4) is 5.75 Å². The number of rotatable bonds is 5. The van der Waals surface area contributed by atoms with E-state index in [0.29, 0.717) is 12.4 Å². The summed E-state index contributed by atoms with van der Waals surface area (Å²) < 4.78 is 18.3. The van der Waals surface area contributed by atoms with E-state index in [-0.39, 0.29) is 5.82 Å². The summed E-state index contributed by atoms with van der Waals surface area (Å²) >= 11 is 0. The summed E-state index contributed by atoms with van der Waals surface area (Å²) in [5.41, 5.74) is 1.04. The highest BCUT2D eigenvalue weighted by Crippen LogP contribution is 2.20. The van der Waals surface area contributed by atoms with Gasteiger partial charge in [0, 0.05) is 6.07 Å². The average Bonchev–Trinajstić information content (AvgIpc) is 2.19. The molecule has 0 saturated heterocycles. The summed E-state index contributed by atoms with van der Waals surface area (Å²) in [6.45, 7) is 6.17. The van der Waals surface area contributed by atoms with Crippen LogP contribution in [-0.4, -0.2) is 6.61 Å². The Hall–Kier alpha value is -1.31. The summed E-state index contributed by atoms with van der Waals surface area (Å²) in [5, 5.41) is 0. The first-order valence-corrected chi connectivity index (χ1v) is 4.80. The van der Waals surface area contributed by atoms with Gasteiger partial charge in [-0.15, -0.1) is 6.58 Å². The molecule has 0 amide bonds. The van der Waals surface area contributed by atoms with Crippen LogP contribution in [0.3, 0.4) is 0 Å². The molecule has 0 aliphatic heterocycles. The van der Waals surface area contributed by atoms with Gasteiger partial charge in [-0.05, 0) is 24.5 Å². The lowest BCUT2D eigenvalue weighted by atomic mass is 10.1. The Kier molecular flexibility index (Phi) is 4.17. The van der Waals surface area contributed by atoms with Crippen LogP contribution in [0.4, 0.5) is 4.39 Å². The van der Waals surface area contributed by atoms with Crippen molar-refractivity contribution in [1.29, 1.82) is 0 Å². The van der Waals surface area contributed by atoms with E-state index in [1.807, 2.05) is 6.92 Å². The minimum Gasteiger partial charge on any atom is -0.493 e. The molecule has 1 nitrogen and oxygen atoms in total. The predicted octanol–water partition coefficient (Wildman–Crippen LogP) is 3.34. The van der Waals surface area contributed by atoms with E-state index >= 15 is 0 Å². The molecular weight excluding hydrogens is 179 g/mol. The van der Waals surface area contributed by atoms with E-state index in [0.717, 1.165) is 18.4 Å². The number of benzene rings is 1. The van der Waals surface area contributed by atoms with Crippen LogP contribution in [0.5, 0.6) is 5.75 Å². The Morgan fingerprint density at radius 3 is 2.93 bits per heavy atom. The summed E-state index contributed by atoms with van der Waals surface area (Å²) in [6.07, 6.45) is 3.41. The number of hydrogen-bond donors (Lipinski definition) is 0. The zero-order valence-electron chi connectivity index (χ0n) is 8.42. The topological polar surface area (TPSA) is 9.23 Å². The van der Waals surface area contributed by atoms with Crippen LogP contribution >= 0.6 is 0 Å². The van der Waals surface area contributed by atoms with Crippen LogP contribution in [0.2, 0.25) is 0 Å². The van der Waals surface area contributed by atoms with Gasteiger partial charge in [0.15, 0.2) is 0 Å². The molecule has 1 rings (SSSR count). The molecule has 0 spiro atoms. The fourth-order valence-electron chi connectivity index (χ4n) is 1.21. The van der Waals surface area contributed by atoms with Crippen LogP contribution in [0.1, 0.15) is 18.9 Å². The Balaban J connectivity index is 2.71. The highest BCUT2D eigenvalue weighted by molar-refractivity contribution is 5.33. The standard InChI is InChI=1S/C12H15FO/c1-3-5-8-14-12-9-11(13)7-6-10(12)4-2/h3,6-7,9H,1,4-5,8H2,2H3. The lowest BCUT2D eigenvalue weighted by molar-refractivity contribution is 0.320. The SMILES string of the molecule is C=CCCOc1cc(F)ccc1CC. The normalized spacial score (nSPS) is 9.86. The molecule has 0 aromatic heterocycles. The average molecular weight is 194 g/mol. The molecule has 0 aliphatic carbocycles. The second-order valence-electron chi connectivity index (χ2n) is 3.03. The fraction of sp³-hybridized carbons (Fsp3) is 0.333. The molecule has 2 heteroatoms. The van der Waals surface area contributed by atoms with Gasteiger partial charge in [0.25, 0.3) is 0 Å². The summed E-state index contributed by atoms with van der Waals surface area (Å²) in [4.78, 5) is 0. The molecule has 0 fully saturated rings. The van der Waals surface area contributed by atoms with Crippen molar-refractivity contribution in [3.63, 3.8) is 0 Å². The molecular formula is C12H15FO. The third-order valence-corrected chi connectivity index (χ3v) is 1.99. The second-order valence-corrected chi connectivity index (χ2v) is 3.03. The van der Waals surface area contributed by atoms with Crippen molar-refractivity contribution in [2.45, 2.75) is 19.8 Å². The molecule has 0 radical (unpaired) electrons. The van der Waals surface area contributed by atoms with Crippen molar-refractivity contribution in [2.24, 2.45) is 0 Å². The molecule has 0 aliphatic rings. The summed E-state index contributed by atoms with van der Waals surface area (Å²) in [5.74, 6) is 0.394.